The van der Waals surface area contributed by atoms with Crippen molar-refractivity contribution in [1.29, 1.82) is 0 Å². The molecule has 0 saturated heterocycles. The summed E-state index contributed by atoms with van der Waals surface area (Å²) >= 11 is 0. The Morgan fingerprint density at radius 1 is 1.05 bits per heavy atom. The monoisotopic (exact) mass is 264 g/mol. The summed E-state index contributed by atoms with van der Waals surface area (Å²) in [5, 5.41) is 13.7. The van der Waals surface area contributed by atoms with Crippen LogP contribution in [0.2, 0.25) is 0 Å². The summed E-state index contributed by atoms with van der Waals surface area (Å²) < 4.78 is 0. The van der Waals surface area contributed by atoms with E-state index in [4.69, 9.17) is 0 Å². The number of rotatable bonds is 4. The highest BCUT2D eigenvalue weighted by Gasteiger charge is 2.16. The van der Waals surface area contributed by atoms with Crippen LogP contribution in [0.3, 0.4) is 0 Å². The highest BCUT2D eigenvalue weighted by Crippen LogP contribution is 2.27. The zero-order valence-electron chi connectivity index (χ0n) is 11.3. The van der Waals surface area contributed by atoms with E-state index in [-0.39, 0.29) is 6.04 Å². The second-order valence-electron chi connectivity index (χ2n) is 4.62. The second-order valence-corrected chi connectivity index (χ2v) is 4.62. The average molecular weight is 264 g/mol. The van der Waals surface area contributed by atoms with Crippen molar-refractivity contribution in [3.8, 4) is 0 Å². The van der Waals surface area contributed by atoms with Gasteiger partial charge in [0.15, 0.2) is 0 Å². The second kappa shape index (κ2) is 5.75. The first-order valence-electron chi connectivity index (χ1n) is 6.72. The molecule has 4 nitrogen and oxygen atoms in total. The zero-order chi connectivity index (χ0) is 13.8. The molecule has 0 aliphatic rings. The van der Waals surface area contributed by atoms with Gasteiger partial charge < -0.3 is 5.32 Å². The van der Waals surface area contributed by atoms with Gasteiger partial charge in [-0.1, -0.05) is 31.2 Å². The van der Waals surface area contributed by atoms with E-state index in [1.807, 2.05) is 24.5 Å². The van der Waals surface area contributed by atoms with Gasteiger partial charge in [-0.2, -0.15) is 10.2 Å². The molecule has 2 aromatic heterocycles. The third kappa shape index (κ3) is 2.38. The first-order chi connectivity index (χ1) is 9.90. The van der Waals surface area contributed by atoms with Gasteiger partial charge in [0.2, 0.25) is 0 Å². The summed E-state index contributed by atoms with van der Waals surface area (Å²) in [5.74, 6) is 0. The van der Waals surface area contributed by atoms with Crippen molar-refractivity contribution in [2.24, 2.45) is 0 Å². The predicted octanol–water partition coefficient (Wildman–Crippen LogP) is 2.72. The maximum atomic E-state index is 4.37. The summed E-state index contributed by atoms with van der Waals surface area (Å²) in [6.45, 7) is 2.97. The Bertz CT molecular complexity index is 692. The first kappa shape index (κ1) is 12.7. The van der Waals surface area contributed by atoms with Crippen molar-refractivity contribution in [3.63, 3.8) is 0 Å². The lowest BCUT2D eigenvalue weighted by atomic mass is 9.97. The third-order valence-electron chi connectivity index (χ3n) is 3.36. The number of hydrogen-bond acceptors (Lipinski definition) is 4. The maximum Gasteiger partial charge on any atom is 0.0614 e. The smallest absolute Gasteiger partial charge is 0.0614 e. The number of hydrogen-bond donors (Lipinski definition) is 1. The van der Waals surface area contributed by atoms with Crippen LogP contribution in [-0.4, -0.2) is 21.7 Å². The molecule has 2 heterocycles. The molecule has 0 spiro atoms. The van der Waals surface area contributed by atoms with E-state index < -0.39 is 0 Å². The molecule has 0 fully saturated rings. The minimum atomic E-state index is 0.0779. The van der Waals surface area contributed by atoms with Gasteiger partial charge in [0.25, 0.3) is 0 Å². The average Bonchev–Trinajstić information content (AvgIpc) is 2.53. The lowest BCUT2D eigenvalue weighted by Crippen LogP contribution is -2.22. The van der Waals surface area contributed by atoms with Crippen LogP contribution in [-0.2, 0) is 0 Å². The van der Waals surface area contributed by atoms with Crippen molar-refractivity contribution in [2.75, 3.05) is 6.54 Å². The van der Waals surface area contributed by atoms with E-state index >= 15 is 0 Å². The molecule has 0 aliphatic heterocycles. The van der Waals surface area contributed by atoms with Gasteiger partial charge in [0.1, 0.15) is 0 Å². The van der Waals surface area contributed by atoms with E-state index in [2.05, 4.69) is 45.6 Å². The molecule has 0 radical (unpaired) electrons. The van der Waals surface area contributed by atoms with Crippen molar-refractivity contribution in [3.05, 3.63) is 66.2 Å². The first-order valence-corrected chi connectivity index (χ1v) is 6.72. The molecule has 100 valence electrons. The van der Waals surface area contributed by atoms with Crippen molar-refractivity contribution in [1.82, 2.24) is 20.5 Å². The SMILES string of the molecule is CCNC(c1ccnnc1)c1cncc2ccccc12. The molecule has 0 saturated carbocycles. The van der Waals surface area contributed by atoms with Gasteiger partial charge in [-0.15, -0.1) is 0 Å². The molecule has 20 heavy (non-hydrogen) atoms. The van der Waals surface area contributed by atoms with Crippen LogP contribution in [0.1, 0.15) is 24.1 Å². The van der Waals surface area contributed by atoms with E-state index in [0.29, 0.717) is 0 Å². The lowest BCUT2D eigenvalue weighted by molar-refractivity contribution is 0.628. The molecule has 1 N–H and O–H groups in total. The van der Waals surface area contributed by atoms with Gasteiger partial charge in [-0.3, -0.25) is 4.98 Å². The third-order valence-corrected chi connectivity index (χ3v) is 3.36. The predicted molar refractivity (Wildman–Crippen MR) is 79.3 cm³/mol. The van der Waals surface area contributed by atoms with Gasteiger partial charge in [-0.25, -0.2) is 0 Å². The Balaban J connectivity index is 2.15. The molecule has 3 rings (SSSR count). The normalized spacial score (nSPS) is 12.4. The quantitative estimate of drug-likeness (QED) is 0.787. The van der Waals surface area contributed by atoms with E-state index in [9.17, 15) is 0 Å². The van der Waals surface area contributed by atoms with Gasteiger partial charge in [0.05, 0.1) is 12.2 Å². The van der Waals surface area contributed by atoms with Crippen LogP contribution in [0, 0.1) is 0 Å². The van der Waals surface area contributed by atoms with E-state index in [1.165, 1.54) is 5.39 Å². The van der Waals surface area contributed by atoms with E-state index in [1.54, 1.807) is 12.4 Å². The Morgan fingerprint density at radius 2 is 1.95 bits per heavy atom. The van der Waals surface area contributed by atoms with Crippen LogP contribution < -0.4 is 5.32 Å². The summed E-state index contributed by atoms with van der Waals surface area (Å²) in [6.07, 6.45) is 7.34. The molecule has 1 unspecified atom stereocenters. The highest BCUT2D eigenvalue weighted by atomic mass is 15.1. The van der Waals surface area contributed by atoms with Gasteiger partial charge in [0, 0.05) is 24.0 Å². The maximum absolute atomic E-state index is 4.37. The number of nitrogens with zero attached hydrogens (tertiary/aromatic N) is 3. The van der Waals surface area contributed by atoms with Gasteiger partial charge in [-0.05, 0) is 29.1 Å². The molecular formula is C16H16N4. The summed E-state index contributed by atoms with van der Waals surface area (Å²) in [6, 6.07) is 10.4. The topological polar surface area (TPSA) is 50.7 Å². The molecular weight excluding hydrogens is 248 g/mol. The Kier molecular flexibility index (Phi) is 3.65. The van der Waals surface area contributed by atoms with Crippen LogP contribution in [0.25, 0.3) is 10.8 Å². The molecule has 0 aliphatic carbocycles. The number of aromatic nitrogens is 3. The van der Waals surface area contributed by atoms with Crippen molar-refractivity contribution < 1.29 is 0 Å². The van der Waals surface area contributed by atoms with Gasteiger partial charge >= 0.3 is 0 Å². The summed E-state index contributed by atoms with van der Waals surface area (Å²) in [5.41, 5.74) is 2.26. The Labute approximate surface area is 117 Å². The molecule has 4 heteroatoms. The number of pyridine rings is 1. The number of fused-ring (bicyclic) bond motifs is 1. The fraction of sp³-hybridized carbons (Fsp3) is 0.188. The fourth-order valence-electron chi connectivity index (χ4n) is 2.45. The van der Waals surface area contributed by atoms with Crippen LogP contribution >= 0.6 is 0 Å². The Hall–Kier alpha value is -2.33. The standard InChI is InChI=1S/C16H16N4/c1-2-18-16(13-7-8-19-20-10-13)15-11-17-9-12-5-3-4-6-14(12)15/h3-11,16,18H,2H2,1H3. The van der Waals surface area contributed by atoms with Crippen LogP contribution in [0.4, 0.5) is 0 Å². The van der Waals surface area contributed by atoms with Crippen LogP contribution in [0.5, 0.6) is 0 Å². The largest absolute Gasteiger partial charge is 0.306 e. The lowest BCUT2D eigenvalue weighted by Gasteiger charge is -2.19. The minimum Gasteiger partial charge on any atom is -0.306 e. The highest BCUT2D eigenvalue weighted by molar-refractivity contribution is 5.85. The van der Waals surface area contributed by atoms with Crippen molar-refractivity contribution >= 4 is 10.8 Å². The minimum absolute atomic E-state index is 0.0779. The molecule has 0 amide bonds. The molecule has 3 aromatic rings. The Morgan fingerprint density at radius 3 is 2.75 bits per heavy atom. The van der Waals surface area contributed by atoms with E-state index in [0.717, 1.165) is 23.1 Å². The number of benzene rings is 1. The molecule has 1 aromatic carbocycles. The molecule has 0 bridgehead atoms. The zero-order valence-corrected chi connectivity index (χ0v) is 11.3. The summed E-state index contributed by atoms with van der Waals surface area (Å²) in [7, 11) is 0. The fourth-order valence-corrected chi connectivity index (χ4v) is 2.45. The summed E-state index contributed by atoms with van der Waals surface area (Å²) in [4.78, 5) is 4.37. The van der Waals surface area contributed by atoms with Crippen LogP contribution in [0.15, 0.2) is 55.1 Å². The molecule has 1 atom stereocenters. The van der Waals surface area contributed by atoms with Crippen molar-refractivity contribution in [2.45, 2.75) is 13.0 Å². The number of nitrogens with one attached hydrogen (secondary N) is 1.